The molecule has 0 bridgehead atoms. The first-order valence-corrected chi connectivity index (χ1v) is 6.08. The number of methoxy groups -OCH3 is 1. The van der Waals surface area contributed by atoms with Crippen LogP contribution in [-0.2, 0) is 15.0 Å². The summed E-state index contributed by atoms with van der Waals surface area (Å²) in [5, 5.41) is 0. The van der Waals surface area contributed by atoms with Gasteiger partial charge in [-0.2, -0.15) is 8.42 Å². The van der Waals surface area contributed by atoms with E-state index >= 15 is 0 Å². The first-order chi connectivity index (χ1) is 7.90. The maximum atomic E-state index is 13.0. The lowest BCUT2D eigenvalue weighted by atomic mass is 10.2. The van der Waals surface area contributed by atoms with Gasteiger partial charge in [-0.1, -0.05) is 0 Å². The van der Waals surface area contributed by atoms with Gasteiger partial charge in [-0.15, -0.1) is 3.89 Å². The third-order valence-corrected chi connectivity index (χ3v) is 2.77. The summed E-state index contributed by atoms with van der Waals surface area (Å²) in [4.78, 5) is 10.5. The van der Waals surface area contributed by atoms with Gasteiger partial charge in [-0.3, -0.25) is 0 Å². The van der Waals surface area contributed by atoms with Crippen LogP contribution in [0.15, 0.2) is 23.1 Å². The summed E-state index contributed by atoms with van der Waals surface area (Å²) in [6, 6.07) is 3.39. The van der Waals surface area contributed by atoms with E-state index in [9.17, 15) is 17.1 Å². The maximum absolute atomic E-state index is 13.0. The van der Waals surface area contributed by atoms with E-state index in [0.29, 0.717) is 0 Å². The van der Waals surface area contributed by atoms with Crippen molar-refractivity contribution >= 4 is 16.2 Å². The number of carbonyl (C=O) groups excluding carboxylic acids is 1. The lowest BCUT2D eigenvalue weighted by Crippen LogP contribution is -2.05. The van der Waals surface area contributed by atoms with Gasteiger partial charge >= 0.3 is 16.2 Å². The van der Waals surface area contributed by atoms with Gasteiger partial charge in [0.1, 0.15) is 10.6 Å². The molecule has 0 saturated heterocycles. The molecule has 94 valence electrons. The highest BCUT2D eigenvalue weighted by molar-refractivity contribution is 7.86. The third-order valence-electron chi connectivity index (χ3n) is 1.93. The Bertz CT molecular complexity index is 523. The number of hydrogen-bond acceptors (Lipinski definition) is 5. The minimum atomic E-state index is -4.95. The second kappa shape index (κ2) is 5.13. The monoisotopic (exact) mass is 262 g/mol. The smallest absolute Gasteiger partial charge is 0.337 e. The molecule has 0 fully saturated rings. The van der Waals surface area contributed by atoms with Crippen LogP contribution in [0.25, 0.3) is 0 Å². The second-order valence-electron chi connectivity index (χ2n) is 3.02. The van der Waals surface area contributed by atoms with E-state index in [1.54, 1.807) is 6.92 Å². The summed E-state index contributed by atoms with van der Waals surface area (Å²) in [5.41, 5.74) is -0.0628. The molecule has 7 heteroatoms. The molecule has 0 radical (unpaired) electrons. The van der Waals surface area contributed by atoms with E-state index < -0.39 is 21.1 Å². The van der Waals surface area contributed by atoms with Crippen LogP contribution in [0.2, 0.25) is 0 Å². The average Bonchev–Trinajstić information content (AvgIpc) is 2.27. The molecule has 0 spiro atoms. The maximum Gasteiger partial charge on any atom is 0.337 e. The topological polar surface area (TPSA) is 69.7 Å². The number of hydrogen-bond donors (Lipinski definition) is 0. The summed E-state index contributed by atoms with van der Waals surface area (Å²) in [5.74, 6) is -0.888. The SMILES string of the molecule is CCOc1ccc(C(=O)OC)cc1S(=O)(=O)F. The van der Waals surface area contributed by atoms with Gasteiger partial charge in [0.25, 0.3) is 0 Å². The van der Waals surface area contributed by atoms with Crippen molar-refractivity contribution in [3.8, 4) is 5.75 Å². The number of benzene rings is 1. The molecular formula is C10H11FO5S. The molecule has 0 aliphatic rings. The van der Waals surface area contributed by atoms with E-state index in [0.717, 1.165) is 13.2 Å². The Balaban J connectivity index is 3.34. The first kappa shape index (κ1) is 13.4. The number of halogens is 1. The molecule has 0 N–H and O–H groups in total. The predicted octanol–water partition coefficient (Wildman–Crippen LogP) is 1.53. The summed E-state index contributed by atoms with van der Waals surface area (Å²) < 4.78 is 44.1. The van der Waals surface area contributed by atoms with Crippen LogP contribution in [0.4, 0.5) is 3.89 Å². The Morgan fingerprint density at radius 3 is 2.53 bits per heavy atom. The van der Waals surface area contributed by atoms with Gasteiger partial charge in [0.05, 0.1) is 19.3 Å². The van der Waals surface area contributed by atoms with Gasteiger partial charge < -0.3 is 9.47 Å². The van der Waals surface area contributed by atoms with Crippen molar-refractivity contribution in [2.24, 2.45) is 0 Å². The first-order valence-electron chi connectivity index (χ1n) is 4.70. The van der Waals surface area contributed by atoms with Crippen LogP contribution >= 0.6 is 0 Å². The molecule has 0 heterocycles. The highest BCUT2D eigenvalue weighted by atomic mass is 32.3. The van der Waals surface area contributed by atoms with Gasteiger partial charge in [-0.05, 0) is 25.1 Å². The molecule has 0 amide bonds. The largest absolute Gasteiger partial charge is 0.492 e. The van der Waals surface area contributed by atoms with E-state index in [1.807, 2.05) is 0 Å². The zero-order chi connectivity index (χ0) is 13.1. The van der Waals surface area contributed by atoms with Crippen molar-refractivity contribution in [3.63, 3.8) is 0 Å². The van der Waals surface area contributed by atoms with Crippen LogP contribution < -0.4 is 4.74 Å². The van der Waals surface area contributed by atoms with Gasteiger partial charge in [0.15, 0.2) is 0 Å². The van der Waals surface area contributed by atoms with E-state index in [-0.39, 0.29) is 17.9 Å². The molecule has 0 aromatic heterocycles. The molecule has 1 aromatic rings. The van der Waals surface area contributed by atoms with Crippen molar-refractivity contribution in [2.45, 2.75) is 11.8 Å². The summed E-state index contributed by atoms with van der Waals surface area (Å²) in [6.45, 7) is 1.81. The quantitative estimate of drug-likeness (QED) is 0.608. The third kappa shape index (κ3) is 3.16. The molecular weight excluding hydrogens is 251 g/mol. The zero-order valence-corrected chi connectivity index (χ0v) is 10.1. The van der Waals surface area contributed by atoms with Crippen molar-refractivity contribution in [1.29, 1.82) is 0 Å². The van der Waals surface area contributed by atoms with Gasteiger partial charge in [0, 0.05) is 0 Å². The van der Waals surface area contributed by atoms with E-state index in [2.05, 4.69) is 4.74 Å². The Hall–Kier alpha value is -1.63. The summed E-state index contributed by atoms with van der Waals surface area (Å²) in [6.07, 6.45) is 0. The number of carbonyl (C=O) groups is 1. The van der Waals surface area contributed by atoms with Crippen LogP contribution in [0, 0.1) is 0 Å². The van der Waals surface area contributed by atoms with E-state index in [1.165, 1.54) is 12.1 Å². The summed E-state index contributed by atoms with van der Waals surface area (Å²) >= 11 is 0. The zero-order valence-electron chi connectivity index (χ0n) is 9.27. The number of rotatable bonds is 4. The highest BCUT2D eigenvalue weighted by Gasteiger charge is 2.21. The lowest BCUT2D eigenvalue weighted by molar-refractivity contribution is 0.0600. The highest BCUT2D eigenvalue weighted by Crippen LogP contribution is 2.27. The van der Waals surface area contributed by atoms with Crippen LogP contribution in [0.3, 0.4) is 0 Å². The van der Waals surface area contributed by atoms with Crippen LogP contribution in [-0.4, -0.2) is 28.1 Å². The average molecular weight is 262 g/mol. The fourth-order valence-electron chi connectivity index (χ4n) is 1.22. The predicted molar refractivity (Wildman–Crippen MR) is 57.2 cm³/mol. The number of ether oxygens (including phenoxy) is 2. The summed E-state index contributed by atoms with van der Waals surface area (Å²) in [7, 11) is -3.81. The standard InChI is InChI=1S/C10H11FO5S/c1-3-16-8-5-4-7(10(12)15-2)6-9(8)17(11,13)14/h4-6H,3H2,1-2H3. The normalized spacial score (nSPS) is 11.0. The molecule has 0 saturated carbocycles. The van der Waals surface area contributed by atoms with Gasteiger partial charge in [-0.25, -0.2) is 4.79 Å². The second-order valence-corrected chi connectivity index (χ2v) is 4.34. The molecule has 0 atom stereocenters. The van der Waals surface area contributed by atoms with Crippen molar-refractivity contribution in [2.75, 3.05) is 13.7 Å². The minimum absolute atomic E-state index is 0.0628. The van der Waals surface area contributed by atoms with Crippen molar-refractivity contribution in [3.05, 3.63) is 23.8 Å². The van der Waals surface area contributed by atoms with Crippen LogP contribution in [0.1, 0.15) is 17.3 Å². The Morgan fingerprint density at radius 1 is 1.41 bits per heavy atom. The number of esters is 1. The molecule has 0 unspecified atom stereocenters. The van der Waals surface area contributed by atoms with Crippen LogP contribution in [0.5, 0.6) is 5.75 Å². The Kier molecular flexibility index (Phi) is 4.06. The minimum Gasteiger partial charge on any atom is -0.492 e. The molecule has 17 heavy (non-hydrogen) atoms. The van der Waals surface area contributed by atoms with Crippen molar-refractivity contribution < 1.29 is 26.6 Å². The fraction of sp³-hybridized carbons (Fsp3) is 0.300. The fourth-order valence-corrected chi connectivity index (χ4v) is 1.85. The molecule has 1 aromatic carbocycles. The molecule has 0 aliphatic carbocycles. The van der Waals surface area contributed by atoms with Gasteiger partial charge in [0.2, 0.25) is 0 Å². The van der Waals surface area contributed by atoms with Crippen molar-refractivity contribution in [1.82, 2.24) is 0 Å². The lowest BCUT2D eigenvalue weighted by Gasteiger charge is -2.08. The molecule has 0 aliphatic heterocycles. The Labute approximate surface area is 98.4 Å². The van der Waals surface area contributed by atoms with E-state index in [4.69, 9.17) is 4.74 Å². The molecule has 1 rings (SSSR count). The Morgan fingerprint density at radius 2 is 2.06 bits per heavy atom. The molecule has 5 nitrogen and oxygen atoms in total.